The fraction of sp³-hybridized carbons (Fsp3) is 0.190. The Morgan fingerprint density at radius 1 is 1.19 bits per heavy atom. The molecular formula is C21H19ClN2O2S. The van der Waals surface area contributed by atoms with Gasteiger partial charge in [-0.2, -0.15) is 0 Å². The highest BCUT2D eigenvalue weighted by Crippen LogP contribution is 2.40. The van der Waals surface area contributed by atoms with Crippen molar-refractivity contribution >= 4 is 39.5 Å². The van der Waals surface area contributed by atoms with Gasteiger partial charge < -0.3 is 15.0 Å². The van der Waals surface area contributed by atoms with E-state index in [-0.39, 0.29) is 5.91 Å². The smallest absolute Gasteiger partial charge is 0.261 e. The Bertz CT molecular complexity index is 969. The molecule has 0 aliphatic carbocycles. The van der Waals surface area contributed by atoms with Gasteiger partial charge in [-0.3, -0.25) is 4.79 Å². The summed E-state index contributed by atoms with van der Waals surface area (Å²) in [7, 11) is 0. The Morgan fingerprint density at radius 2 is 2.00 bits per heavy atom. The number of nitrogens with one attached hydrogen (secondary N) is 1. The zero-order valence-electron chi connectivity index (χ0n) is 14.9. The van der Waals surface area contributed by atoms with Crippen LogP contribution in [0.4, 0.5) is 10.7 Å². The van der Waals surface area contributed by atoms with Crippen LogP contribution < -0.4 is 15.0 Å². The summed E-state index contributed by atoms with van der Waals surface area (Å²) >= 11 is 7.62. The zero-order chi connectivity index (χ0) is 18.8. The Kier molecular flexibility index (Phi) is 5.05. The highest BCUT2D eigenvalue weighted by molar-refractivity contribution is 7.18. The lowest BCUT2D eigenvalue weighted by molar-refractivity contribution is 0.0955. The van der Waals surface area contributed by atoms with Crippen molar-refractivity contribution in [1.29, 1.82) is 0 Å². The molecule has 0 atom stereocenters. The third kappa shape index (κ3) is 3.94. The van der Waals surface area contributed by atoms with Crippen molar-refractivity contribution in [3.05, 3.63) is 75.6 Å². The molecule has 3 aromatic rings. The Labute approximate surface area is 167 Å². The predicted molar refractivity (Wildman–Crippen MR) is 111 cm³/mol. The molecule has 0 bridgehead atoms. The monoisotopic (exact) mass is 398 g/mol. The minimum atomic E-state index is -0.0635. The topological polar surface area (TPSA) is 41.6 Å². The van der Waals surface area contributed by atoms with Gasteiger partial charge >= 0.3 is 0 Å². The largest absolute Gasteiger partial charge is 0.490 e. The summed E-state index contributed by atoms with van der Waals surface area (Å²) in [4.78, 5) is 15.3. The molecule has 0 radical (unpaired) electrons. The second-order valence-corrected chi connectivity index (χ2v) is 7.92. The molecule has 1 aromatic heterocycles. The van der Waals surface area contributed by atoms with E-state index in [4.69, 9.17) is 16.3 Å². The van der Waals surface area contributed by atoms with Gasteiger partial charge in [-0.15, -0.1) is 11.3 Å². The number of fused-ring (bicyclic) bond motifs is 1. The van der Waals surface area contributed by atoms with E-state index in [0.717, 1.165) is 28.5 Å². The molecule has 1 amide bonds. The second-order valence-electron chi connectivity index (χ2n) is 6.42. The van der Waals surface area contributed by atoms with Crippen molar-refractivity contribution in [3.8, 4) is 5.75 Å². The summed E-state index contributed by atoms with van der Waals surface area (Å²) in [5.41, 5.74) is 3.23. The Balaban J connectivity index is 1.48. The first-order valence-electron chi connectivity index (χ1n) is 8.73. The number of anilines is 2. The minimum absolute atomic E-state index is 0.0635. The number of hydrogen-bond acceptors (Lipinski definition) is 4. The standard InChI is InChI=1S/C21H19ClN2O2S/c1-14-2-4-15(5-3-14)13-23-21(25)19-8-9-20(27-19)24-10-11-26-18-7-6-16(22)12-17(18)24/h2-9,12H,10-11,13H2,1H3,(H,23,25). The molecule has 2 heterocycles. The number of hydrogen-bond donors (Lipinski definition) is 1. The van der Waals surface area contributed by atoms with Gasteiger partial charge in [0.2, 0.25) is 0 Å². The molecule has 0 fully saturated rings. The number of aryl methyl sites for hydroxylation is 1. The summed E-state index contributed by atoms with van der Waals surface area (Å²) in [6, 6.07) is 17.6. The maximum atomic E-state index is 12.5. The van der Waals surface area contributed by atoms with E-state index < -0.39 is 0 Å². The first kappa shape index (κ1) is 17.9. The van der Waals surface area contributed by atoms with Gasteiger partial charge in [0.15, 0.2) is 0 Å². The number of amides is 1. The number of nitrogens with zero attached hydrogens (tertiary/aromatic N) is 1. The molecule has 1 aliphatic rings. The average molecular weight is 399 g/mol. The average Bonchev–Trinajstić information content (AvgIpc) is 3.17. The third-order valence-electron chi connectivity index (χ3n) is 4.44. The van der Waals surface area contributed by atoms with Gasteiger partial charge in [-0.1, -0.05) is 41.4 Å². The molecule has 1 N–H and O–H groups in total. The normalized spacial score (nSPS) is 13.0. The van der Waals surface area contributed by atoms with Crippen molar-refractivity contribution in [2.75, 3.05) is 18.1 Å². The van der Waals surface area contributed by atoms with Crippen molar-refractivity contribution < 1.29 is 9.53 Å². The van der Waals surface area contributed by atoms with Crippen LogP contribution in [0.2, 0.25) is 5.02 Å². The fourth-order valence-corrected chi connectivity index (χ4v) is 4.12. The van der Waals surface area contributed by atoms with Crippen LogP contribution in [0.3, 0.4) is 0 Å². The predicted octanol–water partition coefficient (Wildman–Crippen LogP) is 5.17. The van der Waals surface area contributed by atoms with Gasteiger partial charge in [0.25, 0.3) is 5.91 Å². The zero-order valence-corrected chi connectivity index (χ0v) is 16.4. The van der Waals surface area contributed by atoms with Crippen molar-refractivity contribution in [1.82, 2.24) is 5.32 Å². The van der Waals surface area contributed by atoms with Gasteiger partial charge in [0.1, 0.15) is 12.4 Å². The summed E-state index contributed by atoms with van der Waals surface area (Å²) in [5.74, 6) is 0.746. The van der Waals surface area contributed by atoms with Crippen LogP contribution in [0.15, 0.2) is 54.6 Å². The minimum Gasteiger partial charge on any atom is -0.490 e. The number of halogens is 1. The molecule has 1 aliphatic heterocycles. The van der Waals surface area contributed by atoms with E-state index in [9.17, 15) is 4.79 Å². The number of ether oxygens (including phenoxy) is 1. The Hall–Kier alpha value is -2.50. The number of thiophene rings is 1. The van der Waals surface area contributed by atoms with Crippen LogP contribution in [0.5, 0.6) is 5.75 Å². The Morgan fingerprint density at radius 3 is 2.81 bits per heavy atom. The molecule has 6 heteroatoms. The van der Waals surface area contributed by atoms with E-state index >= 15 is 0 Å². The van der Waals surface area contributed by atoms with Gasteiger partial charge in [0.05, 0.1) is 22.1 Å². The van der Waals surface area contributed by atoms with Crippen molar-refractivity contribution in [2.24, 2.45) is 0 Å². The lowest BCUT2D eigenvalue weighted by Gasteiger charge is -2.30. The van der Waals surface area contributed by atoms with Gasteiger partial charge in [0, 0.05) is 11.6 Å². The van der Waals surface area contributed by atoms with Crippen LogP contribution in [0.25, 0.3) is 0 Å². The molecule has 0 saturated heterocycles. The van der Waals surface area contributed by atoms with Crippen LogP contribution >= 0.6 is 22.9 Å². The number of benzene rings is 2. The quantitative estimate of drug-likeness (QED) is 0.659. The molecule has 138 valence electrons. The molecule has 0 spiro atoms. The van der Waals surface area contributed by atoms with E-state index in [1.807, 2.05) is 61.5 Å². The molecule has 2 aromatic carbocycles. The fourth-order valence-electron chi connectivity index (χ4n) is 2.99. The van der Waals surface area contributed by atoms with Gasteiger partial charge in [-0.05, 0) is 42.8 Å². The first-order chi connectivity index (χ1) is 13.1. The maximum Gasteiger partial charge on any atom is 0.261 e. The number of carbonyl (C=O) groups is 1. The maximum absolute atomic E-state index is 12.5. The van der Waals surface area contributed by atoms with Gasteiger partial charge in [-0.25, -0.2) is 0 Å². The van der Waals surface area contributed by atoms with E-state index in [0.29, 0.717) is 23.1 Å². The molecule has 4 rings (SSSR count). The van der Waals surface area contributed by atoms with E-state index in [1.54, 1.807) is 0 Å². The van der Waals surface area contributed by atoms with Crippen LogP contribution in [-0.4, -0.2) is 19.1 Å². The highest BCUT2D eigenvalue weighted by atomic mass is 35.5. The highest BCUT2D eigenvalue weighted by Gasteiger charge is 2.22. The third-order valence-corrected chi connectivity index (χ3v) is 5.78. The lowest BCUT2D eigenvalue weighted by atomic mass is 10.1. The molecule has 4 nitrogen and oxygen atoms in total. The molecular weight excluding hydrogens is 380 g/mol. The summed E-state index contributed by atoms with van der Waals surface area (Å²) in [6.07, 6.45) is 0. The molecule has 0 saturated carbocycles. The SMILES string of the molecule is Cc1ccc(CNC(=O)c2ccc(N3CCOc4ccc(Cl)cc43)s2)cc1. The molecule has 0 unspecified atom stereocenters. The van der Waals surface area contributed by atoms with E-state index in [1.165, 1.54) is 16.9 Å². The van der Waals surface area contributed by atoms with Crippen LogP contribution in [0.1, 0.15) is 20.8 Å². The number of carbonyl (C=O) groups excluding carboxylic acids is 1. The second kappa shape index (κ2) is 7.62. The van der Waals surface area contributed by atoms with Crippen LogP contribution in [-0.2, 0) is 6.54 Å². The number of rotatable bonds is 4. The van der Waals surface area contributed by atoms with E-state index in [2.05, 4.69) is 10.2 Å². The summed E-state index contributed by atoms with van der Waals surface area (Å²) in [6.45, 7) is 3.88. The lowest BCUT2D eigenvalue weighted by Crippen LogP contribution is -2.27. The van der Waals surface area contributed by atoms with Crippen molar-refractivity contribution in [3.63, 3.8) is 0 Å². The summed E-state index contributed by atoms with van der Waals surface area (Å²) in [5, 5.41) is 4.65. The molecule has 27 heavy (non-hydrogen) atoms. The summed E-state index contributed by atoms with van der Waals surface area (Å²) < 4.78 is 5.71. The van der Waals surface area contributed by atoms with Crippen LogP contribution in [0, 0.1) is 6.92 Å². The first-order valence-corrected chi connectivity index (χ1v) is 9.93. The van der Waals surface area contributed by atoms with Crippen molar-refractivity contribution in [2.45, 2.75) is 13.5 Å².